The smallest absolute Gasteiger partial charge is 0.303 e. The van der Waals surface area contributed by atoms with Gasteiger partial charge in [0.2, 0.25) is 0 Å². The molecule has 0 saturated carbocycles. The van der Waals surface area contributed by atoms with Crippen molar-refractivity contribution in [2.45, 2.75) is 26.2 Å². The third-order valence-corrected chi connectivity index (χ3v) is 2.97. The van der Waals surface area contributed by atoms with Gasteiger partial charge >= 0.3 is 5.97 Å². The molecule has 0 spiro atoms. The van der Waals surface area contributed by atoms with Crippen LogP contribution in [0.15, 0.2) is 18.3 Å². The summed E-state index contributed by atoms with van der Waals surface area (Å²) in [6.45, 7) is 2.48. The maximum Gasteiger partial charge on any atom is 0.303 e. The summed E-state index contributed by atoms with van der Waals surface area (Å²) in [7, 11) is 0. The predicted octanol–water partition coefficient (Wildman–Crippen LogP) is 2.36. The molecule has 1 amide bonds. The van der Waals surface area contributed by atoms with Crippen molar-refractivity contribution in [1.29, 1.82) is 0 Å². The third-order valence-electron chi connectivity index (χ3n) is 2.76. The highest BCUT2D eigenvalue weighted by molar-refractivity contribution is 6.29. The molecule has 0 aliphatic rings. The van der Waals surface area contributed by atoms with Crippen LogP contribution >= 0.6 is 11.6 Å². The summed E-state index contributed by atoms with van der Waals surface area (Å²) in [5, 5.41) is 11.6. The lowest BCUT2D eigenvalue weighted by Gasteiger charge is -2.10. The first kappa shape index (κ1) is 15.4. The number of pyridine rings is 1. The van der Waals surface area contributed by atoms with E-state index in [2.05, 4.69) is 10.3 Å². The van der Waals surface area contributed by atoms with Crippen molar-refractivity contribution < 1.29 is 14.7 Å². The number of hydrogen-bond acceptors (Lipinski definition) is 3. The largest absolute Gasteiger partial charge is 0.481 e. The third kappa shape index (κ3) is 6.20. The fourth-order valence-corrected chi connectivity index (χ4v) is 1.77. The van der Waals surface area contributed by atoms with E-state index in [1.54, 1.807) is 6.07 Å². The molecule has 0 aliphatic carbocycles. The van der Waals surface area contributed by atoms with Crippen molar-refractivity contribution in [1.82, 2.24) is 10.3 Å². The maximum absolute atomic E-state index is 11.8. The molecule has 1 atom stereocenters. The number of nitrogens with one attached hydrogen (secondary N) is 1. The second kappa shape index (κ2) is 7.74. The summed E-state index contributed by atoms with van der Waals surface area (Å²) in [5.74, 6) is -0.727. The van der Waals surface area contributed by atoms with Gasteiger partial charge in [-0.15, -0.1) is 0 Å². The van der Waals surface area contributed by atoms with Gasteiger partial charge in [-0.3, -0.25) is 9.59 Å². The lowest BCUT2D eigenvalue weighted by molar-refractivity contribution is -0.137. The number of carboxylic acid groups (broad SMARTS) is 1. The van der Waals surface area contributed by atoms with Crippen molar-refractivity contribution in [2.75, 3.05) is 6.54 Å². The minimum atomic E-state index is -0.790. The number of carbonyl (C=O) groups is 2. The van der Waals surface area contributed by atoms with E-state index < -0.39 is 5.97 Å². The Morgan fingerprint density at radius 3 is 2.84 bits per heavy atom. The predicted molar refractivity (Wildman–Crippen MR) is 72.2 cm³/mol. The van der Waals surface area contributed by atoms with Crippen LogP contribution < -0.4 is 5.32 Å². The van der Waals surface area contributed by atoms with E-state index in [0.29, 0.717) is 18.5 Å². The number of rotatable bonds is 7. The molecule has 1 aromatic heterocycles. The number of carbonyl (C=O) groups excluding carboxylic acids is 1. The Kier molecular flexibility index (Phi) is 6.29. The van der Waals surface area contributed by atoms with E-state index in [-0.39, 0.29) is 23.4 Å². The van der Waals surface area contributed by atoms with E-state index in [4.69, 9.17) is 16.7 Å². The van der Waals surface area contributed by atoms with Crippen LogP contribution in [0.2, 0.25) is 5.15 Å². The lowest BCUT2D eigenvalue weighted by Crippen LogP contribution is -2.25. The van der Waals surface area contributed by atoms with Gasteiger partial charge in [-0.25, -0.2) is 4.98 Å². The number of halogens is 1. The maximum atomic E-state index is 11.8. The highest BCUT2D eigenvalue weighted by Gasteiger charge is 2.08. The van der Waals surface area contributed by atoms with Crippen molar-refractivity contribution >= 4 is 23.5 Å². The zero-order chi connectivity index (χ0) is 14.3. The monoisotopic (exact) mass is 284 g/mol. The fraction of sp³-hybridized carbons (Fsp3) is 0.462. The number of nitrogens with zero attached hydrogens (tertiary/aromatic N) is 1. The molecule has 1 rings (SSSR count). The van der Waals surface area contributed by atoms with Crippen LogP contribution in [0.5, 0.6) is 0 Å². The number of aromatic nitrogens is 1. The van der Waals surface area contributed by atoms with Gasteiger partial charge in [0.1, 0.15) is 5.15 Å². The summed E-state index contributed by atoms with van der Waals surface area (Å²) >= 11 is 5.70. The minimum Gasteiger partial charge on any atom is -0.481 e. The molecule has 5 nitrogen and oxygen atoms in total. The van der Waals surface area contributed by atoms with E-state index in [0.717, 1.165) is 6.42 Å². The fourth-order valence-electron chi connectivity index (χ4n) is 1.59. The summed E-state index contributed by atoms with van der Waals surface area (Å²) in [6, 6.07) is 3.10. The van der Waals surface area contributed by atoms with Gasteiger partial charge in [-0.05, 0) is 30.9 Å². The molecule has 0 aliphatic heterocycles. The van der Waals surface area contributed by atoms with Gasteiger partial charge in [0.15, 0.2) is 0 Å². The summed E-state index contributed by atoms with van der Waals surface area (Å²) in [6.07, 6.45) is 3.01. The Labute approximate surface area is 117 Å². The SMILES string of the molecule is CC(CCNC(=O)c1ccnc(Cl)c1)CCC(=O)O. The molecular formula is C13H17ClN2O3. The highest BCUT2D eigenvalue weighted by atomic mass is 35.5. The molecule has 1 unspecified atom stereocenters. The number of hydrogen-bond donors (Lipinski definition) is 2. The Morgan fingerprint density at radius 1 is 1.47 bits per heavy atom. The molecule has 0 radical (unpaired) electrons. The van der Waals surface area contributed by atoms with Crippen molar-refractivity contribution in [3.63, 3.8) is 0 Å². The van der Waals surface area contributed by atoms with Gasteiger partial charge in [-0.1, -0.05) is 18.5 Å². The van der Waals surface area contributed by atoms with Crippen LogP contribution in [0.4, 0.5) is 0 Å². The van der Waals surface area contributed by atoms with Crippen LogP contribution in [0.3, 0.4) is 0 Å². The first-order valence-electron chi connectivity index (χ1n) is 6.10. The first-order chi connectivity index (χ1) is 8.99. The zero-order valence-electron chi connectivity index (χ0n) is 10.7. The standard InChI is InChI=1S/C13H17ClN2O3/c1-9(2-3-12(17)18)4-6-16-13(19)10-5-7-15-11(14)8-10/h5,7-9H,2-4,6H2,1H3,(H,16,19)(H,17,18). The molecule has 104 valence electrons. The van der Waals surface area contributed by atoms with E-state index in [1.807, 2.05) is 6.92 Å². The quantitative estimate of drug-likeness (QED) is 0.753. The number of amides is 1. The van der Waals surface area contributed by atoms with Gasteiger partial charge in [0, 0.05) is 24.7 Å². The average molecular weight is 285 g/mol. The van der Waals surface area contributed by atoms with E-state index in [9.17, 15) is 9.59 Å². The lowest BCUT2D eigenvalue weighted by atomic mass is 10.0. The van der Waals surface area contributed by atoms with Crippen LogP contribution in [0.1, 0.15) is 36.5 Å². The van der Waals surface area contributed by atoms with Crippen molar-refractivity contribution in [2.24, 2.45) is 5.92 Å². The molecule has 1 heterocycles. The molecule has 2 N–H and O–H groups in total. The molecule has 0 bridgehead atoms. The van der Waals surface area contributed by atoms with Crippen LogP contribution in [0, 0.1) is 5.92 Å². The minimum absolute atomic E-state index is 0.162. The topological polar surface area (TPSA) is 79.3 Å². The van der Waals surface area contributed by atoms with Gasteiger partial charge < -0.3 is 10.4 Å². The average Bonchev–Trinajstić information content (AvgIpc) is 2.36. The van der Waals surface area contributed by atoms with Gasteiger partial charge in [-0.2, -0.15) is 0 Å². The first-order valence-corrected chi connectivity index (χ1v) is 6.48. The summed E-state index contributed by atoms with van der Waals surface area (Å²) in [5.41, 5.74) is 0.471. The number of aliphatic carboxylic acids is 1. The Bertz CT molecular complexity index is 451. The summed E-state index contributed by atoms with van der Waals surface area (Å²) in [4.78, 5) is 26.0. The Hall–Kier alpha value is -1.62. The van der Waals surface area contributed by atoms with Gasteiger partial charge in [0.05, 0.1) is 0 Å². The molecular weight excluding hydrogens is 268 g/mol. The summed E-state index contributed by atoms with van der Waals surface area (Å²) < 4.78 is 0. The molecule has 1 aromatic rings. The van der Waals surface area contributed by atoms with Crippen LogP contribution in [-0.4, -0.2) is 28.5 Å². The molecule has 6 heteroatoms. The normalized spacial score (nSPS) is 11.9. The van der Waals surface area contributed by atoms with E-state index >= 15 is 0 Å². The second-order valence-electron chi connectivity index (χ2n) is 4.45. The van der Waals surface area contributed by atoms with Gasteiger partial charge in [0.25, 0.3) is 5.91 Å². The molecule has 19 heavy (non-hydrogen) atoms. The molecule has 0 fully saturated rings. The molecule has 0 aromatic carbocycles. The van der Waals surface area contributed by atoms with E-state index in [1.165, 1.54) is 12.3 Å². The Morgan fingerprint density at radius 2 is 2.21 bits per heavy atom. The number of carboxylic acids is 1. The van der Waals surface area contributed by atoms with Crippen molar-refractivity contribution in [3.05, 3.63) is 29.0 Å². The van der Waals surface area contributed by atoms with Crippen LogP contribution in [-0.2, 0) is 4.79 Å². The van der Waals surface area contributed by atoms with Crippen molar-refractivity contribution in [3.8, 4) is 0 Å². The van der Waals surface area contributed by atoms with Crippen LogP contribution in [0.25, 0.3) is 0 Å². The second-order valence-corrected chi connectivity index (χ2v) is 4.84. The zero-order valence-corrected chi connectivity index (χ0v) is 11.5. The Balaban J connectivity index is 2.29. The molecule has 0 saturated heterocycles. The highest BCUT2D eigenvalue weighted by Crippen LogP contribution is 2.10.